The molecule has 0 bridgehead atoms. The number of ether oxygens (including phenoxy) is 1. The molecule has 1 fully saturated rings. The van der Waals surface area contributed by atoms with Crippen molar-refractivity contribution < 1.29 is 13.9 Å². The van der Waals surface area contributed by atoms with Crippen LogP contribution in [0.15, 0.2) is 35.8 Å². The van der Waals surface area contributed by atoms with E-state index in [9.17, 15) is 9.18 Å². The second kappa shape index (κ2) is 5.58. The first-order valence-electron chi connectivity index (χ1n) is 6.29. The molecule has 0 atom stereocenters. The van der Waals surface area contributed by atoms with Crippen molar-refractivity contribution in [3.05, 3.63) is 47.2 Å². The van der Waals surface area contributed by atoms with Crippen molar-refractivity contribution in [1.29, 1.82) is 0 Å². The van der Waals surface area contributed by atoms with Gasteiger partial charge in [0.05, 0.1) is 19.5 Å². The van der Waals surface area contributed by atoms with Crippen LogP contribution in [0.2, 0.25) is 0 Å². The van der Waals surface area contributed by atoms with E-state index in [0.29, 0.717) is 24.7 Å². The van der Waals surface area contributed by atoms with E-state index in [1.54, 1.807) is 23.2 Å². The van der Waals surface area contributed by atoms with E-state index in [0.717, 1.165) is 5.56 Å². The highest BCUT2D eigenvalue weighted by Crippen LogP contribution is 2.20. The molecule has 2 heterocycles. The number of benzene rings is 1. The maximum atomic E-state index is 12.8. The molecule has 104 valence electrons. The number of hydrogen-bond acceptors (Lipinski definition) is 4. The summed E-state index contributed by atoms with van der Waals surface area (Å²) in [5.74, 6) is -0.252. The summed E-state index contributed by atoms with van der Waals surface area (Å²) in [6.45, 7) is 1.17. The summed E-state index contributed by atoms with van der Waals surface area (Å²) < 4.78 is 18.4. The predicted molar refractivity (Wildman–Crippen MR) is 73.2 cm³/mol. The predicted octanol–water partition coefficient (Wildman–Crippen LogP) is 2.11. The smallest absolute Gasteiger partial charge is 0.273 e. The van der Waals surface area contributed by atoms with Gasteiger partial charge in [0.25, 0.3) is 5.19 Å². The van der Waals surface area contributed by atoms with E-state index < -0.39 is 0 Å². The topological polar surface area (TPSA) is 42.4 Å². The molecule has 0 radical (unpaired) electrons. The van der Waals surface area contributed by atoms with Crippen LogP contribution in [-0.2, 0) is 11.2 Å². The standard InChI is InChI=1S/C14H13FN2O2S/c15-11-3-1-10(2-4-11)7-13(18)17-8-12(9-17)19-14-16-5-6-20-14/h1-6,12H,7-9H2. The molecule has 0 aliphatic carbocycles. The fraction of sp³-hybridized carbons (Fsp3) is 0.286. The van der Waals surface area contributed by atoms with E-state index in [1.807, 2.05) is 5.38 Å². The Morgan fingerprint density at radius 2 is 2.15 bits per heavy atom. The maximum Gasteiger partial charge on any atom is 0.273 e. The van der Waals surface area contributed by atoms with Gasteiger partial charge in [-0.15, -0.1) is 0 Å². The Bertz CT molecular complexity index is 580. The third kappa shape index (κ3) is 2.96. The van der Waals surface area contributed by atoms with Crippen molar-refractivity contribution in [3.8, 4) is 5.19 Å². The average Bonchev–Trinajstić information content (AvgIpc) is 2.89. The average molecular weight is 292 g/mol. The van der Waals surface area contributed by atoms with Gasteiger partial charge in [0.1, 0.15) is 11.9 Å². The van der Waals surface area contributed by atoms with Crippen LogP contribution in [0.3, 0.4) is 0 Å². The third-order valence-corrected chi connectivity index (χ3v) is 3.81. The number of halogens is 1. The minimum atomic E-state index is -0.290. The second-order valence-corrected chi connectivity index (χ2v) is 5.50. The zero-order chi connectivity index (χ0) is 13.9. The summed E-state index contributed by atoms with van der Waals surface area (Å²) in [6, 6.07) is 6.01. The van der Waals surface area contributed by atoms with Crippen LogP contribution in [0, 0.1) is 5.82 Å². The number of amides is 1. The van der Waals surface area contributed by atoms with E-state index >= 15 is 0 Å². The molecule has 3 rings (SSSR count). The largest absolute Gasteiger partial charge is 0.463 e. The van der Waals surface area contributed by atoms with Crippen molar-refractivity contribution in [2.24, 2.45) is 0 Å². The second-order valence-electron chi connectivity index (χ2n) is 4.64. The molecule has 1 aliphatic heterocycles. The zero-order valence-corrected chi connectivity index (χ0v) is 11.5. The van der Waals surface area contributed by atoms with Gasteiger partial charge in [-0.1, -0.05) is 23.5 Å². The number of hydrogen-bond donors (Lipinski definition) is 0. The lowest BCUT2D eigenvalue weighted by atomic mass is 10.1. The molecular weight excluding hydrogens is 279 g/mol. The summed E-state index contributed by atoms with van der Waals surface area (Å²) in [6.07, 6.45) is 2.01. The van der Waals surface area contributed by atoms with Crippen LogP contribution >= 0.6 is 11.3 Å². The quantitative estimate of drug-likeness (QED) is 0.867. The number of rotatable bonds is 4. The molecule has 1 aromatic heterocycles. The van der Waals surface area contributed by atoms with Crippen LogP contribution < -0.4 is 4.74 Å². The molecule has 4 nitrogen and oxygen atoms in total. The first-order valence-corrected chi connectivity index (χ1v) is 7.17. The lowest BCUT2D eigenvalue weighted by Crippen LogP contribution is -2.56. The minimum absolute atomic E-state index is 0.0262. The van der Waals surface area contributed by atoms with Gasteiger partial charge in [-0.25, -0.2) is 9.37 Å². The van der Waals surface area contributed by atoms with Gasteiger partial charge in [0.15, 0.2) is 0 Å². The van der Waals surface area contributed by atoms with Crippen molar-refractivity contribution in [2.75, 3.05) is 13.1 Å². The monoisotopic (exact) mass is 292 g/mol. The summed E-state index contributed by atoms with van der Waals surface area (Å²) in [4.78, 5) is 17.8. The normalized spacial score (nSPS) is 14.9. The van der Waals surface area contributed by atoms with Gasteiger partial charge in [-0.2, -0.15) is 0 Å². The van der Waals surface area contributed by atoms with Crippen LogP contribution in [-0.4, -0.2) is 35.0 Å². The van der Waals surface area contributed by atoms with Gasteiger partial charge < -0.3 is 9.64 Å². The number of likely N-dealkylation sites (tertiary alicyclic amines) is 1. The van der Waals surface area contributed by atoms with Crippen molar-refractivity contribution in [2.45, 2.75) is 12.5 Å². The molecule has 1 aromatic carbocycles. The van der Waals surface area contributed by atoms with E-state index in [-0.39, 0.29) is 17.8 Å². The van der Waals surface area contributed by atoms with Crippen molar-refractivity contribution in [3.63, 3.8) is 0 Å². The van der Waals surface area contributed by atoms with Crippen LogP contribution in [0.4, 0.5) is 4.39 Å². The van der Waals surface area contributed by atoms with Crippen LogP contribution in [0.25, 0.3) is 0 Å². The Labute approximate surface area is 119 Å². The molecule has 6 heteroatoms. The highest BCUT2D eigenvalue weighted by Gasteiger charge is 2.32. The Hall–Kier alpha value is -1.95. The highest BCUT2D eigenvalue weighted by molar-refractivity contribution is 7.11. The maximum absolute atomic E-state index is 12.8. The SMILES string of the molecule is O=C(Cc1ccc(F)cc1)N1CC(Oc2nccs2)C1. The number of nitrogens with zero attached hydrogens (tertiary/aromatic N) is 2. The summed E-state index contributed by atoms with van der Waals surface area (Å²) >= 11 is 1.44. The molecular formula is C14H13FN2O2S. The molecule has 1 aliphatic rings. The lowest BCUT2D eigenvalue weighted by molar-refractivity contribution is -0.139. The van der Waals surface area contributed by atoms with Gasteiger partial charge in [-0.3, -0.25) is 4.79 Å². The molecule has 0 spiro atoms. The number of thiazole rings is 1. The highest BCUT2D eigenvalue weighted by atomic mass is 32.1. The molecule has 1 amide bonds. The van der Waals surface area contributed by atoms with Crippen LogP contribution in [0.1, 0.15) is 5.56 Å². The molecule has 0 unspecified atom stereocenters. The fourth-order valence-corrected chi connectivity index (χ4v) is 2.57. The Kier molecular flexibility index (Phi) is 3.64. The molecule has 0 N–H and O–H groups in total. The summed E-state index contributed by atoms with van der Waals surface area (Å²) in [5.41, 5.74) is 0.820. The first-order chi connectivity index (χ1) is 9.70. The van der Waals surface area contributed by atoms with Gasteiger partial charge in [-0.05, 0) is 17.7 Å². The first kappa shape index (κ1) is 13.1. The van der Waals surface area contributed by atoms with Gasteiger partial charge in [0, 0.05) is 11.6 Å². The molecule has 1 saturated heterocycles. The van der Waals surface area contributed by atoms with E-state index in [2.05, 4.69) is 4.98 Å². The van der Waals surface area contributed by atoms with Crippen molar-refractivity contribution >= 4 is 17.2 Å². The van der Waals surface area contributed by atoms with E-state index in [1.165, 1.54) is 23.5 Å². The molecule has 2 aromatic rings. The van der Waals surface area contributed by atoms with Crippen LogP contribution in [0.5, 0.6) is 5.19 Å². The molecule has 0 saturated carbocycles. The Balaban J connectivity index is 1.47. The Morgan fingerprint density at radius 1 is 1.40 bits per heavy atom. The summed E-state index contributed by atoms with van der Waals surface area (Å²) in [5, 5.41) is 2.49. The van der Waals surface area contributed by atoms with Crippen molar-refractivity contribution in [1.82, 2.24) is 9.88 Å². The number of carbonyl (C=O) groups excluding carboxylic acids is 1. The third-order valence-electron chi connectivity index (χ3n) is 3.15. The summed E-state index contributed by atoms with van der Waals surface area (Å²) in [7, 11) is 0. The zero-order valence-electron chi connectivity index (χ0n) is 10.7. The lowest BCUT2D eigenvalue weighted by Gasteiger charge is -2.38. The van der Waals surface area contributed by atoms with Gasteiger partial charge in [0.2, 0.25) is 5.91 Å². The minimum Gasteiger partial charge on any atom is -0.463 e. The number of carbonyl (C=O) groups is 1. The van der Waals surface area contributed by atoms with Gasteiger partial charge >= 0.3 is 0 Å². The fourth-order valence-electron chi connectivity index (χ4n) is 2.02. The Morgan fingerprint density at radius 3 is 2.80 bits per heavy atom. The molecule has 20 heavy (non-hydrogen) atoms. The number of aromatic nitrogens is 1. The van der Waals surface area contributed by atoms with E-state index in [4.69, 9.17) is 4.74 Å².